The van der Waals surface area contributed by atoms with Crippen LogP contribution in [0.5, 0.6) is 0 Å². The van der Waals surface area contributed by atoms with Crippen molar-refractivity contribution >= 4 is 0 Å². The minimum absolute atomic E-state index is 0. The summed E-state index contributed by atoms with van der Waals surface area (Å²) in [6, 6.07) is 0. The highest BCUT2D eigenvalue weighted by Crippen LogP contribution is 2.11. The highest BCUT2D eigenvalue weighted by atomic mass is 35.5. The Hall–Kier alpha value is -1.08. The number of unbranched alkanes of at least 4 members (excludes halogenated alkanes) is 19. The SMILES string of the molecule is CCCCCCCCCCCCOC[n+]1ccn(CCCCn2cc[n+](COCCCCCCCCCCCC)c2)c1.[Cl-].[Cl-]. The molecule has 0 amide bonds. The van der Waals surface area contributed by atoms with E-state index >= 15 is 0 Å². The van der Waals surface area contributed by atoms with E-state index < -0.39 is 0 Å². The molecule has 0 bridgehead atoms. The molecule has 6 nitrogen and oxygen atoms in total. The fraction of sp³-hybridized carbons (Fsp3) is 0.833. The topological polar surface area (TPSA) is 36.1 Å². The molecular formula is C36H68Cl2N4O2. The fourth-order valence-electron chi connectivity index (χ4n) is 5.61. The van der Waals surface area contributed by atoms with Crippen molar-refractivity contribution in [1.82, 2.24) is 9.13 Å². The molecule has 0 saturated heterocycles. The molecule has 2 aromatic heterocycles. The van der Waals surface area contributed by atoms with Gasteiger partial charge in [-0.2, -0.15) is 0 Å². The van der Waals surface area contributed by atoms with Crippen molar-refractivity contribution < 1.29 is 43.4 Å². The van der Waals surface area contributed by atoms with Crippen molar-refractivity contribution in [3.63, 3.8) is 0 Å². The number of ether oxygens (including phenoxy) is 2. The first kappa shape index (κ1) is 42.9. The number of rotatable bonds is 31. The third-order valence-electron chi connectivity index (χ3n) is 8.34. The van der Waals surface area contributed by atoms with Crippen molar-refractivity contribution in [2.45, 2.75) is 182 Å². The maximum Gasteiger partial charge on any atom is 0.245 e. The predicted molar refractivity (Wildman–Crippen MR) is 174 cm³/mol. The molecular weight excluding hydrogens is 591 g/mol. The largest absolute Gasteiger partial charge is 1.00 e. The van der Waals surface area contributed by atoms with Gasteiger partial charge in [-0.3, -0.25) is 0 Å². The summed E-state index contributed by atoms with van der Waals surface area (Å²) in [6.07, 6.45) is 42.6. The maximum absolute atomic E-state index is 5.90. The summed E-state index contributed by atoms with van der Waals surface area (Å²) in [7, 11) is 0. The molecule has 0 N–H and O–H groups in total. The monoisotopic (exact) mass is 658 g/mol. The van der Waals surface area contributed by atoms with Gasteiger partial charge in [-0.25, -0.2) is 18.3 Å². The van der Waals surface area contributed by atoms with Crippen LogP contribution >= 0.6 is 0 Å². The van der Waals surface area contributed by atoms with Crippen molar-refractivity contribution in [1.29, 1.82) is 0 Å². The average Bonchev–Trinajstić information content (AvgIpc) is 3.66. The van der Waals surface area contributed by atoms with Gasteiger partial charge in [-0.15, -0.1) is 0 Å². The van der Waals surface area contributed by atoms with Crippen LogP contribution < -0.4 is 33.9 Å². The van der Waals surface area contributed by atoms with Gasteiger partial charge in [0.2, 0.25) is 12.7 Å². The number of hydrogen-bond donors (Lipinski definition) is 0. The molecule has 0 aliphatic carbocycles. The van der Waals surface area contributed by atoms with Crippen molar-refractivity contribution in [3.8, 4) is 0 Å². The number of aromatic nitrogens is 4. The Bertz CT molecular complexity index is 777. The molecule has 44 heavy (non-hydrogen) atoms. The normalized spacial score (nSPS) is 11.0. The highest BCUT2D eigenvalue weighted by molar-refractivity contribution is 4.68. The van der Waals surface area contributed by atoms with E-state index in [0.717, 1.165) is 26.3 Å². The number of hydrogen-bond acceptors (Lipinski definition) is 2. The Morgan fingerprint density at radius 1 is 0.432 bits per heavy atom. The zero-order valence-electron chi connectivity index (χ0n) is 28.6. The summed E-state index contributed by atoms with van der Waals surface area (Å²) in [4.78, 5) is 0. The lowest BCUT2D eigenvalue weighted by Crippen LogP contribution is -3.00. The first-order valence-corrected chi connectivity index (χ1v) is 18.1. The minimum atomic E-state index is 0. The van der Waals surface area contributed by atoms with Gasteiger partial charge in [0.15, 0.2) is 13.5 Å². The van der Waals surface area contributed by atoms with E-state index in [2.05, 4.69) is 69.6 Å². The molecule has 0 aliphatic heterocycles. The van der Waals surface area contributed by atoms with Gasteiger partial charge in [0.25, 0.3) is 0 Å². The Kier molecular flexibility index (Phi) is 31.1. The summed E-state index contributed by atoms with van der Waals surface area (Å²) in [6.45, 7) is 9.74. The maximum atomic E-state index is 5.90. The molecule has 0 spiro atoms. The number of aryl methyl sites for hydroxylation is 2. The summed E-state index contributed by atoms with van der Waals surface area (Å²) < 4.78 is 20.7. The molecule has 2 aromatic rings. The molecule has 0 radical (unpaired) electrons. The van der Waals surface area contributed by atoms with E-state index in [0.29, 0.717) is 13.5 Å². The third kappa shape index (κ3) is 24.2. The lowest BCUT2D eigenvalue weighted by molar-refractivity contribution is -0.732. The lowest BCUT2D eigenvalue weighted by Gasteiger charge is -2.03. The fourth-order valence-corrected chi connectivity index (χ4v) is 5.61. The molecule has 0 atom stereocenters. The number of nitrogens with zero attached hydrogens (tertiary/aromatic N) is 4. The lowest BCUT2D eigenvalue weighted by atomic mass is 10.1. The smallest absolute Gasteiger partial charge is 0.245 e. The van der Waals surface area contributed by atoms with Crippen LogP contribution in [0.25, 0.3) is 0 Å². The van der Waals surface area contributed by atoms with Gasteiger partial charge in [-0.05, 0) is 25.7 Å². The van der Waals surface area contributed by atoms with Crippen LogP contribution in [0.2, 0.25) is 0 Å². The van der Waals surface area contributed by atoms with E-state index in [-0.39, 0.29) is 24.8 Å². The van der Waals surface area contributed by atoms with E-state index in [9.17, 15) is 0 Å². The molecule has 0 aromatic carbocycles. The second kappa shape index (κ2) is 31.9. The molecule has 2 heterocycles. The van der Waals surface area contributed by atoms with Gasteiger partial charge in [0, 0.05) is 0 Å². The predicted octanol–water partition coefficient (Wildman–Crippen LogP) is 3.14. The zero-order valence-corrected chi connectivity index (χ0v) is 30.1. The van der Waals surface area contributed by atoms with Crippen molar-refractivity contribution in [3.05, 3.63) is 37.4 Å². The number of imidazole rings is 2. The summed E-state index contributed by atoms with van der Waals surface area (Å²) >= 11 is 0. The van der Waals surface area contributed by atoms with E-state index in [1.165, 1.54) is 141 Å². The van der Waals surface area contributed by atoms with Crippen LogP contribution in [-0.4, -0.2) is 22.3 Å². The summed E-state index contributed by atoms with van der Waals surface area (Å²) in [5.41, 5.74) is 0. The highest BCUT2D eigenvalue weighted by Gasteiger charge is 2.06. The summed E-state index contributed by atoms with van der Waals surface area (Å²) in [5, 5.41) is 0. The van der Waals surface area contributed by atoms with Gasteiger partial charge in [0.1, 0.15) is 24.8 Å². The van der Waals surface area contributed by atoms with Crippen LogP contribution in [0.3, 0.4) is 0 Å². The zero-order chi connectivity index (χ0) is 29.8. The van der Waals surface area contributed by atoms with Gasteiger partial charge in [-0.1, -0.05) is 129 Å². The molecule has 258 valence electrons. The second-order valence-electron chi connectivity index (χ2n) is 12.5. The van der Waals surface area contributed by atoms with Crippen LogP contribution in [0.4, 0.5) is 0 Å². The van der Waals surface area contributed by atoms with Gasteiger partial charge in [0.05, 0.1) is 26.3 Å². The van der Waals surface area contributed by atoms with Crippen LogP contribution in [0, 0.1) is 0 Å². The number of halogens is 2. The van der Waals surface area contributed by atoms with Gasteiger partial charge >= 0.3 is 0 Å². The second-order valence-corrected chi connectivity index (χ2v) is 12.5. The van der Waals surface area contributed by atoms with Crippen LogP contribution in [-0.2, 0) is 36.0 Å². The van der Waals surface area contributed by atoms with E-state index in [1.54, 1.807) is 0 Å². The molecule has 8 heteroatoms. The quantitative estimate of drug-likeness (QED) is 0.0922. The summed E-state index contributed by atoms with van der Waals surface area (Å²) in [5.74, 6) is 0. The Morgan fingerprint density at radius 2 is 0.750 bits per heavy atom. The van der Waals surface area contributed by atoms with Gasteiger partial charge < -0.3 is 34.3 Å². The van der Waals surface area contributed by atoms with Crippen molar-refractivity contribution in [2.24, 2.45) is 0 Å². The third-order valence-corrected chi connectivity index (χ3v) is 8.34. The Balaban J connectivity index is 0.00000924. The average molecular weight is 660 g/mol. The van der Waals surface area contributed by atoms with Crippen LogP contribution in [0.1, 0.15) is 155 Å². The van der Waals surface area contributed by atoms with E-state index in [1.807, 2.05) is 0 Å². The Morgan fingerprint density at radius 3 is 1.09 bits per heavy atom. The Labute approximate surface area is 284 Å². The van der Waals surface area contributed by atoms with E-state index in [4.69, 9.17) is 9.47 Å². The van der Waals surface area contributed by atoms with Crippen molar-refractivity contribution in [2.75, 3.05) is 13.2 Å². The minimum Gasteiger partial charge on any atom is -1.00 e. The molecule has 0 fully saturated rings. The first-order valence-electron chi connectivity index (χ1n) is 18.1. The standard InChI is InChI=1S/C36H68N4O2.2ClH/c1-3-5-7-9-11-13-15-17-19-23-31-41-35-39-29-27-37(33-39)25-21-22-26-38-28-30-40(34-38)36-42-32-24-20-18-16-14-12-10-8-6-4-2;;/h27-30,33-34H,3-26,31-32,35-36H2,1-2H3;2*1H/q+2;;/p-2. The molecule has 2 rings (SSSR count). The molecule has 0 saturated carbocycles. The molecule has 0 unspecified atom stereocenters. The molecule has 0 aliphatic rings. The first-order chi connectivity index (χ1) is 20.8. The van der Waals surface area contributed by atoms with Crippen LogP contribution in [0.15, 0.2) is 37.4 Å².